The van der Waals surface area contributed by atoms with Gasteiger partial charge in [0.15, 0.2) is 0 Å². The maximum Gasteiger partial charge on any atom is 0.243 e. The standard InChI is InChI=1S/C12H14N2O3S/c13-7-10-1-3-12(4-2-10)18(16,17)14-6-5-11(8-14)9-15/h1-4,11,15H,5-6,8-9H2. The van der Waals surface area contributed by atoms with Gasteiger partial charge in [0, 0.05) is 19.7 Å². The Hall–Kier alpha value is -1.42. The van der Waals surface area contributed by atoms with Crippen LogP contribution in [0.5, 0.6) is 0 Å². The second-order valence-corrected chi connectivity index (χ2v) is 6.27. The van der Waals surface area contributed by atoms with E-state index in [1.54, 1.807) is 0 Å². The number of hydrogen-bond donors (Lipinski definition) is 1. The Morgan fingerprint density at radius 1 is 1.39 bits per heavy atom. The van der Waals surface area contributed by atoms with E-state index in [4.69, 9.17) is 10.4 Å². The molecule has 1 heterocycles. The third-order valence-corrected chi connectivity index (χ3v) is 5.01. The van der Waals surface area contributed by atoms with Crippen molar-refractivity contribution in [2.45, 2.75) is 11.3 Å². The lowest BCUT2D eigenvalue weighted by molar-refractivity contribution is 0.233. The first-order valence-corrected chi connectivity index (χ1v) is 7.13. The SMILES string of the molecule is N#Cc1ccc(S(=O)(=O)N2CCC(CO)C2)cc1. The van der Waals surface area contributed by atoms with Crippen molar-refractivity contribution < 1.29 is 13.5 Å². The summed E-state index contributed by atoms with van der Waals surface area (Å²) >= 11 is 0. The zero-order valence-corrected chi connectivity index (χ0v) is 10.6. The molecule has 0 radical (unpaired) electrons. The van der Waals surface area contributed by atoms with Crippen molar-refractivity contribution >= 4 is 10.0 Å². The van der Waals surface area contributed by atoms with Gasteiger partial charge in [0.2, 0.25) is 10.0 Å². The molecule has 0 amide bonds. The first-order valence-electron chi connectivity index (χ1n) is 5.69. The van der Waals surface area contributed by atoms with Gasteiger partial charge in [-0.2, -0.15) is 9.57 Å². The zero-order chi connectivity index (χ0) is 13.2. The van der Waals surface area contributed by atoms with Gasteiger partial charge in [-0.1, -0.05) is 0 Å². The highest BCUT2D eigenvalue weighted by atomic mass is 32.2. The van der Waals surface area contributed by atoms with Crippen LogP contribution < -0.4 is 0 Å². The Labute approximate surface area is 106 Å². The minimum absolute atomic E-state index is 0.0133. The lowest BCUT2D eigenvalue weighted by Crippen LogP contribution is -2.29. The van der Waals surface area contributed by atoms with Gasteiger partial charge < -0.3 is 5.11 Å². The molecule has 1 atom stereocenters. The van der Waals surface area contributed by atoms with E-state index in [0.29, 0.717) is 25.1 Å². The summed E-state index contributed by atoms with van der Waals surface area (Å²) in [6.45, 7) is 0.811. The topological polar surface area (TPSA) is 81.4 Å². The minimum atomic E-state index is -3.49. The third kappa shape index (κ3) is 2.38. The number of rotatable bonds is 3. The number of aliphatic hydroxyl groups excluding tert-OH is 1. The fraction of sp³-hybridized carbons (Fsp3) is 0.417. The molecule has 1 unspecified atom stereocenters. The van der Waals surface area contributed by atoms with Gasteiger partial charge >= 0.3 is 0 Å². The molecule has 6 heteroatoms. The average molecular weight is 266 g/mol. The van der Waals surface area contributed by atoms with Gasteiger partial charge in [-0.3, -0.25) is 0 Å². The van der Waals surface area contributed by atoms with Gasteiger partial charge in [0.1, 0.15) is 0 Å². The molecule has 0 bridgehead atoms. The molecule has 96 valence electrons. The maximum absolute atomic E-state index is 12.3. The van der Waals surface area contributed by atoms with Crippen molar-refractivity contribution in [2.24, 2.45) is 5.92 Å². The molecule has 1 aromatic carbocycles. The molecule has 0 saturated carbocycles. The predicted molar refractivity (Wildman–Crippen MR) is 65.1 cm³/mol. The first-order chi connectivity index (χ1) is 8.57. The number of nitriles is 1. The molecule has 0 aromatic heterocycles. The summed E-state index contributed by atoms with van der Waals surface area (Å²) in [5, 5.41) is 17.7. The van der Waals surface area contributed by atoms with Crippen LogP contribution in [0.25, 0.3) is 0 Å². The molecule has 1 fully saturated rings. The van der Waals surface area contributed by atoms with Gasteiger partial charge in [-0.25, -0.2) is 8.42 Å². The van der Waals surface area contributed by atoms with Crippen LogP contribution in [0.2, 0.25) is 0 Å². The number of sulfonamides is 1. The molecule has 1 N–H and O–H groups in total. The second kappa shape index (κ2) is 5.06. The van der Waals surface area contributed by atoms with Crippen molar-refractivity contribution in [1.82, 2.24) is 4.31 Å². The zero-order valence-electron chi connectivity index (χ0n) is 9.78. The van der Waals surface area contributed by atoms with Crippen LogP contribution in [0.15, 0.2) is 29.2 Å². The van der Waals surface area contributed by atoms with Crippen molar-refractivity contribution in [3.05, 3.63) is 29.8 Å². The Morgan fingerprint density at radius 2 is 2.06 bits per heavy atom. The summed E-state index contributed by atoms with van der Waals surface area (Å²) < 4.78 is 25.9. The largest absolute Gasteiger partial charge is 0.396 e. The van der Waals surface area contributed by atoms with Crippen molar-refractivity contribution in [3.63, 3.8) is 0 Å². The summed E-state index contributed by atoms with van der Waals surface area (Å²) in [4.78, 5) is 0.195. The molecule has 1 aliphatic heterocycles. The quantitative estimate of drug-likeness (QED) is 0.866. The van der Waals surface area contributed by atoms with Gasteiger partial charge in [-0.15, -0.1) is 0 Å². The van der Waals surface area contributed by atoms with E-state index in [9.17, 15) is 8.42 Å². The average Bonchev–Trinajstić information content (AvgIpc) is 2.88. The molecule has 0 aliphatic carbocycles. The molecular formula is C12H14N2O3S. The molecule has 5 nitrogen and oxygen atoms in total. The van der Waals surface area contributed by atoms with Crippen LogP contribution in [-0.4, -0.2) is 37.5 Å². The number of benzene rings is 1. The summed E-state index contributed by atoms with van der Waals surface area (Å²) in [7, 11) is -3.49. The summed E-state index contributed by atoms with van der Waals surface area (Å²) in [6, 6.07) is 7.82. The van der Waals surface area contributed by atoms with Crippen LogP contribution in [0.1, 0.15) is 12.0 Å². The van der Waals surface area contributed by atoms with Gasteiger partial charge in [-0.05, 0) is 36.6 Å². The van der Waals surface area contributed by atoms with Gasteiger partial charge in [0.05, 0.1) is 16.5 Å². The number of hydrogen-bond acceptors (Lipinski definition) is 4. The first kappa shape index (κ1) is 13.0. The Balaban J connectivity index is 2.23. The molecule has 1 aliphatic rings. The highest BCUT2D eigenvalue weighted by Gasteiger charge is 2.31. The van der Waals surface area contributed by atoms with E-state index in [-0.39, 0.29) is 17.4 Å². The van der Waals surface area contributed by atoms with E-state index in [1.165, 1.54) is 28.6 Å². The predicted octanol–water partition coefficient (Wildman–Crippen LogP) is 0.561. The smallest absolute Gasteiger partial charge is 0.243 e. The third-order valence-electron chi connectivity index (χ3n) is 3.13. The molecule has 1 saturated heterocycles. The molecular weight excluding hydrogens is 252 g/mol. The molecule has 0 spiro atoms. The van der Waals surface area contributed by atoms with Crippen LogP contribution in [-0.2, 0) is 10.0 Å². The van der Waals surface area contributed by atoms with E-state index in [1.807, 2.05) is 6.07 Å². The summed E-state index contributed by atoms with van der Waals surface area (Å²) in [6.07, 6.45) is 0.687. The van der Waals surface area contributed by atoms with Crippen LogP contribution in [0, 0.1) is 17.2 Å². The monoisotopic (exact) mass is 266 g/mol. The fourth-order valence-electron chi connectivity index (χ4n) is 2.01. The van der Waals surface area contributed by atoms with Crippen molar-refractivity contribution in [2.75, 3.05) is 19.7 Å². The molecule has 2 rings (SSSR count). The van der Waals surface area contributed by atoms with E-state index in [2.05, 4.69) is 0 Å². The Kier molecular flexibility index (Phi) is 3.66. The summed E-state index contributed by atoms with van der Waals surface area (Å²) in [5.74, 6) is 0.0261. The number of nitrogens with zero attached hydrogens (tertiary/aromatic N) is 2. The van der Waals surface area contributed by atoms with Gasteiger partial charge in [0.25, 0.3) is 0 Å². The molecule has 1 aromatic rings. The van der Waals surface area contributed by atoms with Crippen molar-refractivity contribution in [3.8, 4) is 6.07 Å². The summed E-state index contributed by atoms with van der Waals surface area (Å²) in [5.41, 5.74) is 0.434. The highest BCUT2D eigenvalue weighted by Crippen LogP contribution is 2.24. The normalized spacial score (nSPS) is 20.8. The minimum Gasteiger partial charge on any atom is -0.396 e. The van der Waals surface area contributed by atoms with E-state index >= 15 is 0 Å². The van der Waals surface area contributed by atoms with Crippen LogP contribution >= 0.6 is 0 Å². The lowest BCUT2D eigenvalue weighted by Gasteiger charge is -2.16. The van der Waals surface area contributed by atoms with Crippen LogP contribution in [0.3, 0.4) is 0 Å². The second-order valence-electron chi connectivity index (χ2n) is 4.34. The van der Waals surface area contributed by atoms with Crippen LogP contribution in [0.4, 0.5) is 0 Å². The highest BCUT2D eigenvalue weighted by molar-refractivity contribution is 7.89. The Bertz CT molecular complexity index is 560. The lowest BCUT2D eigenvalue weighted by atomic mass is 10.1. The van der Waals surface area contributed by atoms with Crippen molar-refractivity contribution in [1.29, 1.82) is 5.26 Å². The molecule has 18 heavy (non-hydrogen) atoms. The maximum atomic E-state index is 12.3. The Morgan fingerprint density at radius 3 is 2.56 bits per heavy atom. The fourth-order valence-corrected chi connectivity index (χ4v) is 3.55. The van der Waals surface area contributed by atoms with E-state index in [0.717, 1.165) is 0 Å². The van der Waals surface area contributed by atoms with E-state index < -0.39 is 10.0 Å². The number of aliphatic hydroxyl groups is 1.